The van der Waals surface area contributed by atoms with Crippen LogP contribution in [-0.4, -0.2) is 26.5 Å². The van der Waals surface area contributed by atoms with Crippen LogP contribution in [-0.2, 0) is 13.0 Å². The third-order valence-electron chi connectivity index (χ3n) is 3.54. The number of benzene rings is 1. The molecule has 20 heavy (non-hydrogen) atoms. The summed E-state index contributed by atoms with van der Waals surface area (Å²) >= 11 is 0. The number of hydrogen-bond donors (Lipinski definition) is 1. The van der Waals surface area contributed by atoms with Gasteiger partial charge in [0.15, 0.2) is 23.3 Å². The topological polar surface area (TPSA) is 50.9 Å². The molecule has 3 rings (SSSR count). The monoisotopic (exact) mass is 283 g/mol. The molecule has 0 saturated heterocycles. The maximum absolute atomic E-state index is 13.3. The van der Waals surface area contributed by atoms with Gasteiger partial charge in [-0.25, -0.2) is 13.2 Å². The molecule has 0 amide bonds. The van der Waals surface area contributed by atoms with E-state index in [2.05, 4.69) is 10.2 Å². The van der Waals surface area contributed by atoms with E-state index in [0.29, 0.717) is 18.8 Å². The van der Waals surface area contributed by atoms with Crippen molar-refractivity contribution in [2.45, 2.75) is 19.4 Å². The van der Waals surface area contributed by atoms with Gasteiger partial charge in [0.05, 0.1) is 0 Å². The zero-order valence-electron chi connectivity index (χ0n) is 10.5. The van der Waals surface area contributed by atoms with E-state index in [9.17, 15) is 18.3 Å². The van der Waals surface area contributed by atoms with Gasteiger partial charge in [0.2, 0.25) is 0 Å². The summed E-state index contributed by atoms with van der Waals surface area (Å²) in [6, 6.07) is 1.80. The van der Waals surface area contributed by atoms with Crippen LogP contribution in [0.3, 0.4) is 0 Å². The summed E-state index contributed by atoms with van der Waals surface area (Å²) in [6.07, 6.45) is 1.44. The SMILES string of the molecule is OCC1CCc2nnc(-c3cc(F)c(F)c(F)c3)n2C1. The van der Waals surface area contributed by atoms with Gasteiger partial charge in [-0.15, -0.1) is 10.2 Å². The van der Waals surface area contributed by atoms with Crippen molar-refractivity contribution in [3.05, 3.63) is 35.4 Å². The van der Waals surface area contributed by atoms with Gasteiger partial charge in [-0.2, -0.15) is 0 Å². The molecule has 0 spiro atoms. The summed E-state index contributed by atoms with van der Waals surface area (Å²) in [5.74, 6) is -2.96. The minimum absolute atomic E-state index is 0.0310. The number of aromatic nitrogens is 3. The van der Waals surface area contributed by atoms with Crippen LogP contribution in [0.15, 0.2) is 12.1 Å². The largest absolute Gasteiger partial charge is 0.396 e. The normalized spacial score (nSPS) is 18.1. The Balaban J connectivity index is 2.06. The van der Waals surface area contributed by atoms with Crippen molar-refractivity contribution in [3.8, 4) is 11.4 Å². The van der Waals surface area contributed by atoms with Crippen LogP contribution in [0.4, 0.5) is 13.2 Å². The quantitative estimate of drug-likeness (QED) is 0.857. The van der Waals surface area contributed by atoms with Crippen LogP contribution in [0.25, 0.3) is 11.4 Å². The predicted octanol–water partition coefficient (Wildman–Crippen LogP) is 1.92. The molecule has 0 fully saturated rings. The molecule has 1 aliphatic heterocycles. The second kappa shape index (κ2) is 4.90. The molecule has 7 heteroatoms. The first-order valence-electron chi connectivity index (χ1n) is 6.28. The number of aliphatic hydroxyl groups is 1. The molecule has 0 saturated carbocycles. The van der Waals surface area contributed by atoms with E-state index in [4.69, 9.17) is 0 Å². The van der Waals surface area contributed by atoms with E-state index in [1.807, 2.05) is 0 Å². The van der Waals surface area contributed by atoms with E-state index in [-0.39, 0.29) is 23.9 Å². The number of nitrogens with zero attached hydrogens (tertiary/aromatic N) is 3. The maximum atomic E-state index is 13.3. The van der Waals surface area contributed by atoms with Crippen LogP contribution >= 0.6 is 0 Å². The van der Waals surface area contributed by atoms with E-state index < -0.39 is 17.5 Å². The lowest BCUT2D eigenvalue weighted by atomic mass is 10.00. The lowest BCUT2D eigenvalue weighted by Gasteiger charge is -2.22. The molecule has 0 radical (unpaired) electrons. The van der Waals surface area contributed by atoms with Crippen LogP contribution in [0.1, 0.15) is 12.2 Å². The predicted molar refractivity (Wildman–Crippen MR) is 64.2 cm³/mol. The second-order valence-corrected chi connectivity index (χ2v) is 4.89. The van der Waals surface area contributed by atoms with Gasteiger partial charge in [0, 0.05) is 31.1 Å². The van der Waals surface area contributed by atoms with Crippen molar-refractivity contribution < 1.29 is 18.3 Å². The molecule has 4 nitrogen and oxygen atoms in total. The Hall–Kier alpha value is -1.89. The molecule has 1 unspecified atom stereocenters. The smallest absolute Gasteiger partial charge is 0.194 e. The van der Waals surface area contributed by atoms with Crippen LogP contribution in [0.5, 0.6) is 0 Å². The third-order valence-corrected chi connectivity index (χ3v) is 3.54. The Morgan fingerprint density at radius 3 is 2.55 bits per heavy atom. The number of rotatable bonds is 2. The Morgan fingerprint density at radius 2 is 1.90 bits per heavy atom. The Bertz CT molecular complexity index is 633. The Kier molecular flexibility index (Phi) is 3.21. The summed E-state index contributed by atoms with van der Waals surface area (Å²) in [7, 11) is 0. The average molecular weight is 283 g/mol. The summed E-state index contributed by atoms with van der Waals surface area (Å²) < 4.78 is 41.3. The van der Waals surface area contributed by atoms with E-state index >= 15 is 0 Å². The highest BCUT2D eigenvalue weighted by Gasteiger charge is 2.24. The minimum atomic E-state index is -1.50. The molecule has 2 aromatic rings. The summed E-state index contributed by atoms with van der Waals surface area (Å²) in [5.41, 5.74) is 0.138. The minimum Gasteiger partial charge on any atom is -0.396 e. The highest BCUT2D eigenvalue weighted by Crippen LogP contribution is 2.27. The van der Waals surface area contributed by atoms with Crippen molar-refractivity contribution in [3.63, 3.8) is 0 Å². The van der Waals surface area contributed by atoms with Crippen molar-refractivity contribution in [1.29, 1.82) is 0 Å². The van der Waals surface area contributed by atoms with Crippen molar-refractivity contribution >= 4 is 0 Å². The van der Waals surface area contributed by atoms with E-state index in [1.54, 1.807) is 4.57 Å². The van der Waals surface area contributed by atoms with Gasteiger partial charge in [-0.3, -0.25) is 0 Å². The zero-order valence-corrected chi connectivity index (χ0v) is 10.5. The molecule has 1 aliphatic rings. The van der Waals surface area contributed by atoms with Gasteiger partial charge in [-0.1, -0.05) is 0 Å². The molecule has 106 valence electrons. The summed E-state index contributed by atoms with van der Waals surface area (Å²) in [6.45, 7) is 0.512. The maximum Gasteiger partial charge on any atom is 0.194 e. The second-order valence-electron chi connectivity index (χ2n) is 4.89. The highest BCUT2D eigenvalue weighted by atomic mass is 19.2. The van der Waals surface area contributed by atoms with Crippen LogP contribution in [0.2, 0.25) is 0 Å². The summed E-state index contributed by atoms with van der Waals surface area (Å²) in [4.78, 5) is 0. The first-order valence-corrected chi connectivity index (χ1v) is 6.28. The Morgan fingerprint density at radius 1 is 1.20 bits per heavy atom. The zero-order chi connectivity index (χ0) is 14.3. The standard InChI is InChI=1S/C13H12F3N3O/c14-9-3-8(4-10(15)12(9)16)13-18-17-11-2-1-7(6-20)5-19(11)13/h3-4,7,20H,1-2,5-6H2. The summed E-state index contributed by atoms with van der Waals surface area (Å²) in [5, 5.41) is 17.1. The number of aryl methyl sites for hydroxylation is 1. The van der Waals surface area contributed by atoms with E-state index in [1.165, 1.54) is 0 Å². The molecule has 1 aromatic carbocycles. The van der Waals surface area contributed by atoms with E-state index in [0.717, 1.165) is 18.6 Å². The van der Waals surface area contributed by atoms with Crippen LogP contribution in [0, 0.1) is 23.4 Å². The molecule has 0 bridgehead atoms. The highest BCUT2D eigenvalue weighted by molar-refractivity contribution is 5.56. The Labute approximate surface area is 112 Å². The molecular weight excluding hydrogens is 271 g/mol. The lowest BCUT2D eigenvalue weighted by molar-refractivity contribution is 0.191. The van der Waals surface area contributed by atoms with Gasteiger partial charge in [0.1, 0.15) is 5.82 Å². The average Bonchev–Trinajstić information content (AvgIpc) is 2.87. The van der Waals surface area contributed by atoms with Gasteiger partial charge in [0.25, 0.3) is 0 Å². The fourth-order valence-electron chi connectivity index (χ4n) is 2.44. The van der Waals surface area contributed by atoms with Crippen molar-refractivity contribution in [1.82, 2.24) is 14.8 Å². The number of hydrogen-bond acceptors (Lipinski definition) is 3. The van der Waals surface area contributed by atoms with Gasteiger partial charge >= 0.3 is 0 Å². The molecule has 2 heterocycles. The number of aliphatic hydroxyl groups excluding tert-OH is 1. The third kappa shape index (κ3) is 2.07. The van der Waals surface area contributed by atoms with Gasteiger partial charge < -0.3 is 9.67 Å². The van der Waals surface area contributed by atoms with Crippen LogP contribution < -0.4 is 0 Å². The number of halogens is 3. The van der Waals surface area contributed by atoms with Gasteiger partial charge in [-0.05, 0) is 18.6 Å². The molecule has 1 aromatic heterocycles. The number of fused-ring (bicyclic) bond motifs is 1. The molecule has 0 aliphatic carbocycles. The fourth-order valence-corrected chi connectivity index (χ4v) is 2.44. The lowest BCUT2D eigenvalue weighted by Crippen LogP contribution is -2.23. The molecular formula is C13H12F3N3O. The fraction of sp³-hybridized carbons (Fsp3) is 0.385. The first kappa shape index (κ1) is 13.1. The first-order chi connectivity index (χ1) is 9.60. The van der Waals surface area contributed by atoms with Crippen molar-refractivity contribution in [2.75, 3.05) is 6.61 Å². The van der Waals surface area contributed by atoms with Crippen molar-refractivity contribution in [2.24, 2.45) is 5.92 Å². The molecule has 1 atom stereocenters. The molecule has 1 N–H and O–H groups in total.